The Morgan fingerprint density at radius 3 is 2.58 bits per heavy atom. The third kappa shape index (κ3) is 3.95. The number of aromatic nitrogens is 4. The number of methoxy groups -OCH3 is 1. The molecule has 31 heavy (non-hydrogen) atoms. The highest BCUT2D eigenvalue weighted by Crippen LogP contribution is 2.38. The number of nitrogens with one attached hydrogen (secondary N) is 1. The highest BCUT2D eigenvalue weighted by atomic mass is 16.5. The van der Waals surface area contributed by atoms with Crippen LogP contribution in [0.5, 0.6) is 11.5 Å². The van der Waals surface area contributed by atoms with Gasteiger partial charge in [0.25, 0.3) is 17.4 Å². The number of hydrogen-bond donors (Lipinski definition) is 3. The molecule has 12 nitrogen and oxygen atoms in total. The number of carbonyl (C=O) groups is 2. The first kappa shape index (κ1) is 20.1. The minimum Gasteiger partial charge on any atom is -0.491 e. The molecule has 0 unspecified atom stereocenters. The first-order valence-electron chi connectivity index (χ1n) is 9.32. The zero-order valence-electron chi connectivity index (χ0n) is 16.5. The molecule has 1 aliphatic rings. The van der Waals surface area contributed by atoms with Crippen LogP contribution in [0.3, 0.4) is 0 Å². The molecule has 0 saturated heterocycles. The number of nitrogens with two attached hydrogens (primary N) is 2. The summed E-state index contributed by atoms with van der Waals surface area (Å²) in [5.74, 6) is -0.812. The zero-order chi connectivity index (χ0) is 22.1. The van der Waals surface area contributed by atoms with E-state index < -0.39 is 11.8 Å². The van der Waals surface area contributed by atoms with Gasteiger partial charge in [-0.1, -0.05) is 0 Å². The van der Waals surface area contributed by atoms with Crippen molar-refractivity contribution in [2.24, 2.45) is 5.73 Å². The Morgan fingerprint density at radius 1 is 1.26 bits per heavy atom. The van der Waals surface area contributed by atoms with Crippen molar-refractivity contribution in [2.45, 2.75) is 18.9 Å². The molecule has 1 saturated carbocycles. The van der Waals surface area contributed by atoms with Crippen molar-refractivity contribution >= 4 is 34.6 Å². The van der Waals surface area contributed by atoms with Crippen molar-refractivity contribution in [3.05, 3.63) is 40.4 Å². The van der Waals surface area contributed by atoms with Gasteiger partial charge < -0.3 is 20.9 Å². The lowest BCUT2D eigenvalue weighted by atomic mass is 10.2. The molecule has 2 heterocycles. The fraction of sp³-hybridized carbons (Fsp3) is 0.263. The smallest absolute Gasteiger partial charge is 0.263 e. The number of anilines is 2. The summed E-state index contributed by atoms with van der Waals surface area (Å²) in [5, 5.41) is 2.92. The fourth-order valence-corrected chi connectivity index (χ4v) is 3.07. The summed E-state index contributed by atoms with van der Waals surface area (Å²) in [4.78, 5) is 49.0. The molecular formula is C19H19N7O5. The molecule has 0 atom stereocenters. The minimum absolute atomic E-state index is 0.0310. The monoisotopic (exact) mass is 425 g/mol. The van der Waals surface area contributed by atoms with E-state index in [4.69, 9.17) is 20.9 Å². The third-order valence-electron chi connectivity index (χ3n) is 4.64. The van der Waals surface area contributed by atoms with Gasteiger partial charge in [-0.2, -0.15) is 0 Å². The number of rotatable bonds is 7. The first-order valence-corrected chi connectivity index (χ1v) is 9.32. The van der Waals surface area contributed by atoms with Crippen LogP contribution >= 0.6 is 0 Å². The quantitative estimate of drug-likeness (QED) is 0.478. The summed E-state index contributed by atoms with van der Waals surface area (Å²) in [5.41, 5.74) is 10.6. The SMILES string of the molecule is COc1c(OCC(N)=O)ccc2c(=O)n(C3CC3)c(NC(=O)c3cnc(N)nc3)nc12. The lowest BCUT2D eigenvalue weighted by molar-refractivity contribution is -0.119. The summed E-state index contributed by atoms with van der Waals surface area (Å²) < 4.78 is 12.2. The molecule has 0 spiro atoms. The van der Waals surface area contributed by atoms with Crippen molar-refractivity contribution in [2.75, 3.05) is 24.8 Å². The van der Waals surface area contributed by atoms with E-state index in [0.29, 0.717) is 0 Å². The van der Waals surface area contributed by atoms with Crippen molar-refractivity contribution in [1.29, 1.82) is 0 Å². The van der Waals surface area contributed by atoms with E-state index in [9.17, 15) is 14.4 Å². The Hall–Kier alpha value is -4.22. The number of ether oxygens (including phenoxy) is 2. The van der Waals surface area contributed by atoms with Crippen LogP contribution in [0, 0.1) is 0 Å². The summed E-state index contributed by atoms with van der Waals surface area (Å²) >= 11 is 0. The molecule has 5 N–H and O–H groups in total. The molecule has 0 radical (unpaired) electrons. The maximum absolute atomic E-state index is 13.2. The standard InChI is InChI=1S/C19H19N7O5/c1-30-15-12(31-8-13(20)27)5-4-11-14(15)24-19(26(17(11)29)10-2-3-10)25-16(28)9-6-22-18(21)23-7-9/h4-7,10H,2-3,8H2,1H3,(H2,20,27)(H2,21,22,23)(H,24,25,28). The Kier molecular flexibility index (Phi) is 5.11. The van der Waals surface area contributed by atoms with Crippen molar-refractivity contribution in [3.8, 4) is 11.5 Å². The van der Waals surface area contributed by atoms with E-state index in [1.165, 1.54) is 36.2 Å². The second-order valence-corrected chi connectivity index (χ2v) is 6.87. The predicted molar refractivity (Wildman–Crippen MR) is 110 cm³/mol. The van der Waals surface area contributed by atoms with Gasteiger partial charge in [0, 0.05) is 18.4 Å². The van der Waals surface area contributed by atoms with Crippen molar-refractivity contribution in [1.82, 2.24) is 19.5 Å². The van der Waals surface area contributed by atoms with Crippen molar-refractivity contribution < 1.29 is 19.1 Å². The van der Waals surface area contributed by atoms with Crippen LogP contribution in [-0.4, -0.2) is 45.1 Å². The van der Waals surface area contributed by atoms with Crippen LogP contribution in [0.2, 0.25) is 0 Å². The molecule has 3 aromatic rings. The molecule has 2 amide bonds. The second kappa shape index (κ2) is 7.89. The summed E-state index contributed by atoms with van der Waals surface area (Å²) in [6.07, 6.45) is 4.12. The van der Waals surface area contributed by atoms with E-state index in [0.717, 1.165) is 12.8 Å². The van der Waals surface area contributed by atoms with E-state index in [1.807, 2.05) is 0 Å². The van der Waals surface area contributed by atoms with Gasteiger partial charge in [0.2, 0.25) is 11.9 Å². The average molecular weight is 425 g/mol. The molecule has 4 rings (SSSR count). The van der Waals surface area contributed by atoms with E-state index in [-0.39, 0.29) is 58.1 Å². The summed E-state index contributed by atoms with van der Waals surface area (Å²) in [7, 11) is 1.38. The highest BCUT2D eigenvalue weighted by molar-refractivity contribution is 6.03. The lowest BCUT2D eigenvalue weighted by Gasteiger charge is -2.16. The third-order valence-corrected chi connectivity index (χ3v) is 4.64. The molecule has 0 bridgehead atoms. The number of carbonyl (C=O) groups excluding carboxylic acids is 2. The maximum Gasteiger partial charge on any atom is 0.263 e. The number of primary amides is 1. The Labute approximate surface area is 175 Å². The van der Waals surface area contributed by atoms with E-state index in [2.05, 4.69) is 20.3 Å². The molecule has 1 aliphatic carbocycles. The highest BCUT2D eigenvalue weighted by Gasteiger charge is 2.30. The lowest BCUT2D eigenvalue weighted by Crippen LogP contribution is -2.27. The van der Waals surface area contributed by atoms with Gasteiger partial charge >= 0.3 is 0 Å². The van der Waals surface area contributed by atoms with Gasteiger partial charge in [-0.05, 0) is 25.0 Å². The predicted octanol–water partition coefficient (Wildman–Crippen LogP) is 0.229. The minimum atomic E-state index is -0.669. The van der Waals surface area contributed by atoms with Gasteiger partial charge in [0.05, 0.1) is 18.1 Å². The zero-order valence-corrected chi connectivity index (χ0v) is 16.5. The number of benzene rings is 1. The number of nitrogens with zero attached hydrogens (tertiary/aromatic N) is 4. The first-order chi connectivity index (χ1) is 14.9. The van der Waals surface area contributed by atoms with Crippen LogP contribution in [0.1, 0.15) is 29.2 Å². The van der Waals surface area contributed by atoms with Crippen LogP contribution < -0.4 is 31.8 Å². The van der Waals surface area contributed by atoms with Crippen LogP contribution in [0.4, 0.5) is 11.9 Å². The summed E-state index contributed by atoms with van der Waals surface area (Å²) in [6, 6.07) is 2.97. The van der Waals surface area contributed by atoms with E-state index >= 15 is 0 Å². The van der Waals surface area contributed by atoms with E-state index in [1.54, 1.807) is 0 Å². The number of nitrogen functional groups attached to an aromatic ring is 1. The molecule has 12 heteroatoms. The number of fused-ring (bicyclic) bond motifs is 1. The molecule has 2 aromatic heterocycles. The number of amides is 2. The van der Waals surface area contributed by atoms with Gasteiger partial charge in [-0.3, -0.25) is 24.3 Å². The van der Waals surface area contributed by atoms with Gasteiger partial charge in [0.1, 0.15) is 5.52 Å². The Bertz CT molecular complexity index is 1240. The number of hydrogen-bond acceptors (Lipinski definition) is 9. The maximum atomic E-state index is 13.2. The van der Waals surface area contributed by atoms with Crippen LogP contribution in [0.25, 0.3) is 10.9 Å². The fourth-order valence-electron chi connectivity index (χ4n) is 3.07. The normalized spacial score (nSPS) is 13.1. The van der Waals surface area contributed by atoms with Crippen LogP contribution in [-0.2, 0) is 4.79 Å². The second-order valence-electron chi connectivity index (χ2n) is 6.87. The molecule has 0 aliphatic heterocycles. The topological polar surface area (TPSA) is 177 Å². The Balaban J connectivity index is 1.82. The Morgan fingerprint density at radius 2 is 1.97 bits per heavy atom. The largest absolute Gasteiger partial charge is 0.491 e. The van der Waals surface area contributed by atoms with Crippen LogP contribution in [0.15, 0.2) is 29.3 Å². The summed E-state index contributed by atoms with van der Waals surface area (Å²) in [6.45, 7) is -0.373. The van der Waals surface area contributed by atoms with Gasteiger partial charge in [-0.25, -0.2) is 15.0 Å². The molecule has 1 fully saturated rings. The molecule has 1 aromatic carbocycles. The molecule has 160 valence electrons. The van der Waals surface area contributed by atoms with Gasteiger partial charge in [0.15, 0.2) is 18.1 Å². The average Bonchev–Trinajstić information content (AvgIpc) is 3.57. The molecular weight excluding hydrogens is 406 g/mol. The van der Waals surface area contributed by atoms with Crippen molar-refractivity contribution in [3.63, 3.8) is 0 Å². The van der Waals surface area contributed by atoms with Gasteiger partial charge in [-0.15, -0.1) is 0 Å².